The van der Waals surface area contributed by atoms with Crippen molar-refractivity contribution in [2.45, 2.75) is 19.8 Å². The number of carbonyl (C=O) groups excluding carboxylic acids is 2. The molecule has 1 saturated carbocycles. The van der Waals surface area contributed by atoms with Crippen molar-refractivity contribution < 1.29 is 14.3 Å². The molecule has 2 aromatic heterocycles. The average molecular weight is 289 g/mol. The van der Waals surface area contributed by atoms with Crippen LogP contribution in [-0.2, 0) is 9.53 Å². The SMILES string of the molecule is CC(=O)NNc1ncnc2[nH]c(C(=O)OCC3CC3)cc12. The van der Waals surface area contributed by atoms with Crippen molar-refractivity contribution >= 4 is 28.7 Å². The molecule has 21 heavy (non-hydrogen) atoms. The number of nitrogens with one attached hydrogen (secondary N) is 3. The standard InChI is InChI=1S/C13H15N5O3/c1-7(19)17-18-12-9-4-10(16-11(9)14-6-15-12)13(20)21-5-8-2-3-8/h4,6,8H,2-3,5H2,1H3,(H,17,19)(H2,14,15,16,18). The fourth-order valence-electron chi connectivity index (χ4n) is 1.85. The molecule has 1 aliphatic carbocycles. The highest BCUT2D eigenvalue weighted by atomic mass is 16.5. The Labute approximate surface area is 120 Å². The third-order valence-electron chi connectivity index (χ3n) is 3.15. The molecule has 3 rings (SSSR count). The van der Waals surface area contributed by atoms with Gasteiger partial charge in [0.1, 0.15) is 17.7 Å². The summed E-state index contributed by atoms with van der Waals surface area (Å²) in [4.78, 5) is 33.8. The van der Waals surface area contributed by atoms with Gasteiger partial charge in [-0.3, -0.25) is 15.6 Å². The summed E-state index contributed by atoms with van der Waals surface area (Å²) >= 11 is 0. The predicted octanol–water partition coefficient (Wildman–Crippen LogP) is 0.988. The van der Waals surface area contributed by atoms with Crippen LogP contribution in [0.25, 0.3) is 11.0 Å². The largest absolute Gasteiger partial charge is 0.461 e. The number of aromatic nitrogens is 3. The second-order valence-corrected chi connectivity index (χ2v) is 5.02. The molecule has 0 atom stereocenters. The Hall–Kier alpha value is -2.64. The van der Waals surface area contributed by atoms with Crippen LogP contribution in [0.3, 0.4) is 0 Å². The minimum absolute atomic E-state index is 0.249. The first kappa shape index (κ1) is 13.3. The Balaban J connectivity index is 1.79. The number of fused-ring (bicyclic) bond motifs is 1. The number of hydrazine groups is 1. The van der Waals surface area contributed by atoms with Gasteiger partial charge < -0.3 is 9.72 Å². The molecule has 3 N–H and O–H groups in total. The van der Waals surface area contributed by atoms with Crippen LogP contribution < -0.4 is 10.9 Å². The van der Waals surface area contributed by atoms with E-state index in [0.29, 0.717) is 35.1 Å². The van der Waals surface area contributed by atoms with E-state index in [1.807, 2.05) is 0 Å². The summed E-state index contributed by atoms with van der Waals surface area (Å²) < 4.78 is 5.21. The zero-order chi connectivity index (χ0) is 14.8. The lowest BCUT2D eigenvalue weighted by molar-refractivity contribution is -0.118. The highest BCUT2D eigenvalue weighted by Gasteiger charge is 2.24. The van der Waals surface area contributed by atoms with E-state index in [0.717, 1.165) is 12.8 Å². The van der Waals surface area contributed by atoms with Gasteiger partial charge in [0.2, 0.25) is 5.91 Å². The Morgan fingerprint density at radius 1 is 1.43 bits per heavy atom. The number of ether oxygens (including phenoxy) is 1. The number of hydrogen-bond donors (Lipinski definition) is 3. The molecule has 110 valence electrons. The lowest BCUT2D eigenvalue weighted by Crippen LogP contribution is -2.27. The molecule has 0 radical (unpaired) electrons. The van der Waals surface area contributed by atoms with Gasteiger partial charge in [0, 0.05) is 6.92 Å². The first-order chi connectivity index (χ1) is 10.1. The lowest BCUT2D eigenvalue weighted by atomic mass is 10.3. The van der Waals surface area contributed by atoms with E-state index in [1.54, 1.807) is 6.07 Å². The van der Waals surface area contributed by atoms with Gasteiger partial charge in [-0.2, -0.15) is 0 Å². The molecule has 1 amide bonds. The molecule has 2 aromatic rings. The van der Waals surface area contributed by atoms with Gasteiger partial charge in [-0.25, -0.2) is 14.8 Å². The number of esters is 1. The lowest BCUT2D eigenvalue weighted by Gasteiger charge is -2.05. The van der Waals surface area contributed by atoms with Crippen LogP contribution in [0, 0.1) is 5.92 Å². The van der Waals surface area contributed by atoms with Crippen molar-refractivity contribution in [3.8, 4) is 0 Å². The van der Waals surface area contributed by atoms with E-state index in [1.165, 1.54) is 13.3 Å². The highest BCUT2D eigenvalue weighted by molar-refractivity contribution is 5.97. The van der Waals surface area contributed by atoms with Gasteiger partial charge >= 0.3 is 5.97 Å². The number of aromatic amines is 1. The van der Waals surface area contributed by atoms with Crippen LogP contribution in [-0.4, -0.2) is 33.4 Å². The average Bonchev–Trinajstić information content (AvgIpc) is 3.18. The van der Waals surface area contributed by atoms with Crippen molar-refractivity contribution in [1.82, 2.24) is 20.4 Å². The Bertz CT molecular complexity index is 692. The van der Waals surface area contributed by atoms with Crippen LogP contribution in [0.4, 0.5) is 5.82 Å². The minimum Gasteiger partial charge on any atom is -0.461 e. The maximum Gasteiger partial charge on any atom is 0.354 e. The predicted molar refractivity (Wildman–Crippen MR) is 74.3 cm³/mol. The quantitative estimate of drug-likeness (QED) is 0.559. The number of hydrogen-bond acceptors (Lipinski definition) is 6. The van der Waals surface area contributed by atoms with Crippen molar-refractivity contribution in [3.05, 3.63) is 18.1 Å². The van der Waals surface area contributed by atoms with E-state index in [9.17, 15) is 9.59 Å². The maximum absolute atomic E-state index is 11.9. The van der Waals surface area contributed by atoms with Gasteiger partial charge in [0.25, 0.3) is 0 Å². The van der Waals surface area contributed by atoms with Gasteiger partial charge in [-0.05, 0) is 24.8 Å². The molecule has 0 spiro atoms. The van der Waals surface area contributed by atoms with Crippen molar-refractivity contribution in [2.24, 2.45) is 5.92 Å². The van der Waals surface area contributed by atoms with Crippen LogP contribution in [0.15, 0.2) is 12.4 Å². The number of rotatable bonds is 5. The minimum atomic E-state index is -0.412. The number of nitrogens with zero attached hydrogens (tertiary/aromatic N) is 2. The van der Waals surface area contributed by atoms with Crippen molar-refractivity contribution in [2.75, 3.05) is 12.0 Å². The Morgan fingerprint density at radius 3 is 2.95 bits per heavy atom. The summed E-state index contributed by atoms with van der Waals surface area (Å²) in [5, 5.41) is 0.602. The molecule has 0 saturated heterocycles. The number of amides is 1. The van der Waals surface area contributed by atoms with E-state index in [4.69, 9.17) is 4.74 Å². The molecule has 0 bridgehead atoms. The summed E-state index contributed by atoms with van der Waals surface area (Å²) in [6.07, 6.45) is 3.58. The van der Waals surface area contributed by atoms with Crippen LogP contribution in [0.2, 0.25) is 0 Å². The Morgan fingerprint density at radius 2 is 2.24 bits per heavy atom. The number of H-pyrrole nitrogens is 1. The molecule has 0 aromatic carbocycles. The second-order valence-electron chi connectivity index (χ2n) is 5.02. The third kappa shape index (κ3) is 3.10. The van der Waals surface area contributed by atoms with Crippen LogP contribution in [0.5, 0.6) is 0 Å². The van der Waals surface area contributed by atoms with E-state index < -0.39 is 5.97 Å². The zero-order valence-electron chi connectivity index (χ0n) is 11.5. The molecule has 8 heteroatoms. The smallest absolute Gasteiger partial charge is 0.354 e. The molecular formula is C13H15N5O3. The van der Waals surface area contributed by atoms with Gasteiger partial charge in [0.05, 0.1) is 12.0 Å². The maximum atomic E-state index is 11.9. The molecule has 1 fully saturated rings. The summed E-state index contributed by atoms with van der Waals surface area (Å²) in [6.45, 7) is 1.83. The Kier molecular flexibility index (Phi) is 3.43. The van der Waals surface area contributed by atoms with Gasteiger partial charge in [-0.15, -0.1) is 0 Å². The first-order valence-corrected chi connectivity index (χ1v) is 6.67. The van der Waals surface area contributed by atoms with Crippen LogP contribution in [0.1, 0.15) is 30.3 Å². The summed E-state index contributed by atoms with van der Waals surface area (Å²) in [5.74, 6) is 0.259. The van der Waals surface area contributed by atoms with Gasteiger partial charge in [0.15, 0.2) is 5.82 Å². The molecule has 0 unspecified atom stereocenters. The molecule has 2 heterocycles. The summed E-state index contributed by atoms with van der Waals surface area (Å²) in [5.41, 5.74) is 5.92. The number of anilines is 1. The molecule has 0 aliphatic heterocycles. The summed E-state index contributed by atoms with van der Waals surface area (Å²) in [6, 6.07) is 1.61. The third-order valence-corrected chi connectivity index (χ3v) is 3.15. The summed E-state index contributed by atoms with van der Waals surface area (Å²) in [7, 11) is 0. The van der Waals surface area contributed by atoms with E-state index >= 15 is 0 Å². The first-order valence-electron chi connectivity index (χ1n) is 6.67. The molecule has 8 nitrogen and oxygen atoms in total. The van der Waals surface area contributed by atoms with Gasteiger partial charge in [-0.1, -0.05) is 0 Å². The monoisotopic (exact) mass is 289 g/mol. The van der Waals surface area contributed by atoms with E-state index in [2.05, 4.69) is 25.8 Å². The van der Waals surface area contributed by atoms with Crippen molar-refractivity contribution in [3.63, 3.8) is 0 Å². The fourth-order valence-corrected chi connectivity index (χ4v) is 1.85. The highest BCUT2D eigenvalue weighted by Crippen LogP contribution is 2.29. The number of carbonyl (C=O) groups is 2. The fraction of sp³-hybridized carbons (Fsp3) is 0.385. The van der Waals surface area contributed by atoms with E-state index in [-0.39, 0.29) is 5.91 Å². The van der Waals surface area contributed by atoms with Crippen molar-refractivity contribution in [1.29, 1.82) is 0 Å². The topological polar surface area (TPSA) is 109 Å². The van der Waals surface area contributed by atoms with Crippen LogP contribution >= 0.6 is 0 Å². The zero-order valence-corrected chi connectivity index (χ0v) is 11.5. The molecule has 1 aliphatic rings. The normalized spacial score (nSPS) is 14.0. The second kappa shape index (κ2) is 5.39. The molecular weight excluding hydrogens is 274 g/mol.